The van der Waals surface area contributed by atoms with Crippen LogP contribution in [0, 0.1) is 5.82 Å². The molecule has 2 N–H and O–H groups in total. The zero-order chi connectivity index (χ0) is 15.0. The van der Waals surface area contributed by atoms with Crippen LogP contribution in [0.2, 0.25) is 0 Å². The Morgan fingerprint density at radius 3 is 2.55 bits per heavy atom. The van der Waals surface area contributed by atoms with Crippen LogP contribution in [-0.4, -0.2) is 31.5 Å². The van der Waals surface area contributed by atoms with E-state index in [-0.39, 0.29) is 25.3 Å². The molecule has 1 aromatic carbocycles. The van der Waals surface area contributed by atoms with Crippen LogP contribution >= 0.6 is 0 Å². The Bertz CT molecular complexity index is 410. The van der Waals surface area contributed by atoms with Crippen molar-refractivity contribution in [2.45, 2.75) is 19.1 Å². The number of aliphatic hydroxyl groups excluding tert-OH is 1. The van der Waals surface area contributed by atoms with E-state index in [2.05, 4.69) is 5.32 Å². The molecule has 0 bridgehead atoms. The summed E-state index contributed by atoms with van der Waals surface area (Å²) in [6, 6.07) is 2.48. The SMILES string of the molecule is OCCOCCCNCc1cc(F)cc(C(F)(F)F)c1. The van der Waals surface area contributed by atoms with Crippen molar-refractivity contribution in [1.29, 1.82) is 0 Å². The predicted molar refractivity (Wildman–Crippen MR) is 65.6 cm³/mol. The molecule has 0 aliphatic carbocycles. The predicted octanol–water partition coefficient (Wildman–Crippen LogP) is 2.33. The van der Waals surface area contributed by atoms with E-state index in [0.717, 1.165) is 12.1 Å². The minimum atomic E-state index is -4.55. The fraction of sp³-hybridized carbons (Fsp3) is 0.538. The third-order valence-electron chi connectivity index (χ3n) is 2.49. The fourth-order valence-electron chi connectivity index (χ4n) is 1.61. The molecule has 7 heteroatoms. The average molecular weight is 295 g/mol. The number of halogens is 4. The molecular formula is C13H17F4NO2. The van der Waals surface area contributed by atoms with Crippen LogP contribution in [0.5, 0.6) is 0 Å². The normalized spacial score (nSPS) is 11.8. The average Bonchev–Trinajstić information content (AvgIpc) is 2.36. The number of hydrogen-bond acceptors (Lipinski definition) is 3. The zero-order valence-electron chi connectivity index (χ0n) is 10.8. The largest absolute Gasteiger partial charge is 0.416 e. The van der Waals surface area contributed by atoms with E-state index in [9.17, 15) is 17.6 Å². The van der Waals surface area contributed by atoms with Gasteiger partial charge in [-0.1, -0.05) is 0 Å². The quantitative estimate of drug-likeness (QED) is 0.571. The van der Waals surface area contributed by atoms with Crippen LogP contribution in [0.1, 0.15) is 17.5 Å². The molecule has 20 heavy (non-hydrogen) atoms. The minimum absolute atomic E-state index is 0.0447. The number of aliphatic hydroxyl groups is 1. The first-order valence-electron chi connectivity index (χ1n) is 6.19. The van der Waals surface area contributed by atoms with E-state index in [1.165, 1.54) is 0 Å². The van der Waals surface area contributed by atoms with Gasteiger partial charge in [0.25, 0.3) is 0 Å². The summed E-state index contributed by atoms with van der Waals surface area (Å²) in [6.07, 6.45) is -3.89. The summed E-state index contributed by atoms with van der Waals surface area (Å²) in [5, 5.41) is 11.4. The number of nitrogens with one attached hydrogen (secondary N) is 1. The molecule has 0 aromatic heterocycles. The van der Waals surface area contributed by atoms with Crippen molar-refractivity contribution >= 4 is 0 Å². The molecule has 0 saturated heterocycles. The van der Waals surface area contributed by atoms with Crippen molar-refractivity contribution in [3.63, 3.8) is 0 Å². The van der Waals surface area contributed by atoms with Crippen LogP contribution in [0.15, 0.2) is 18.2 Å². The van der Waals surface area contributed by atoms with Gasteiger partial charge < -0.3 is 15.2 Å². The lowest BCUT2D eigenvalue weighted by atomic mass is 10.1. The summed E-state index contributed by atoms with van der Waals surface area (Å²) in [5.41, 5.74) is -0.741. The smallest absolute Gasteiger partial charge is 0.394 e. The molecule has 3 nitrogen and oxygen atoms in total. The Labute approximate surface area is 114 Å². The molecule has 0 aliphatic heterocycles. The van der Waals surface area contributed by atoms with Crippen molar-refractivity contribution in [2.75, 3.05) is 26.4 Å². The van der Waals surface area contributed by atoms with Crippen LogP contribution in [0.25, 0.3) is 0 Å². The number of alkyl halides is 3. The molecule has 0 aliphatic rings. The number of ether oxygens (including phenoxy) is 1. The maximum absolute atomic E-state index is 13.1. The van der Waals surface area contributed by atoms with Gasteiger partial charge in [-0.25, -0.2) is 4.39 Å². The van der Waals surface area contributed by atoms with E-state index in [0.29, 0.717) is 25.6 Å². The minimum Gasteiger partial charge on any atom is -0.394 e. The highest BCUT2D eigenvalue weighted by Gasteiger charge is 2.31. The Balaban J connectivity index is 2.39. The summed E-state index contributed by atoms with van der Waals surface area (Å²) in [6.45, 7) is 1.35. The third-order valence-corrected chi connectivity index (χ3v) is 2.49. The van der Waals surface area contributed by atoms with Gasteiger partial charge in [0.05, 0.1) is 18.8 Å². The van der Waals surface area contributed by atoms with E-state index in [4.69, 9.17) is 9.84 Å². The lowest BCUT2D eigenvalue weighted by molar-refractivity contribution is -0.137. The molecule has 0 heterocycles. The number of benzene rings is 1. The van der Waals surface area contributed by atoms with Gasteiger partial charge in [-0.3, -0.25) is 0 Å². The van der Waals surface area contributed by atoms with Gasteiger partial charge in [-0.15, -0.1) is 0 Å². The van der Waals surface area contributed by atoms with Gasteiger partial charge in [-0.2, -0.15) is 13.2 Å². The molecule has 0 fully saturated rings. The topological polar surface area (TPSA) is 41.5 Å². The maximum Gasteiger partial charge on any atom is 0.416 e. The van der Waals surface area contributed by atoms with Gasteiger partial charge in [0.1, 0.15) is 5.82 Å². The first-order valence-corrected chi connectivity index (χ1v) is 6.19. The van der Waals surface area contributed by atoms with Crippen LogP contribution in [0.3, 0.4) is 0 Å². The van der Waals surface area contributed by atoms with Gasteiger partial charge in [0, 0.05) is 13.2 Å². The summed E-state index contributed by atoms with van der Waals surface area (Å²) in [5.74, 6) is -0.900. The molecule has 1 rings (SSSR count). The standard InChI is InChI=1S/C13H17F4NO2/c14-12-7-10(6-11(8-12)13(15,16)17)9-18-2-1-4-20-5-3-19/h6-8,18-19H,1-5,9H2. The molecule has 0 saturated carbocycles. The van der Waals surface area contributed by atoms with Crippen LogP contribution < -0.4 is 5.32 Å². The summed E-state index contributed by atoms with van der Waals surface area (Å²) in [4.78, 5) is 0. The van der Waals surface area contributed by atoms with Crippen molar-refractivity contribution < 1.29 is 27.4 Å². The summed E-state index contributed by atoms with van der Waals surface area (Å²) in [7, 11) is 0. The van der Waals surface area contributed by atoms with E-state index >= 15 is 0 Å². The highest BCUT2D eigenvalue weighted by atomic mass is 19.4. The summed E-state index contributed by atoms with van der Waals surface area (Å²) >= 11 is 0. The van der Waals surface area contributed by atoms with Crippen molar-refractivity contribution in [3.8, 4) is 0 Å². The van der Waals surface area contributed by atoms with E-state index in [1.54, 1.807) is 0 Å². The van der Waals surface area contributed by atoms with Crippen molar-refractivity contribution in [1.82, 2.24) is 5.32 Å². The monoisotopic (exact) mass is 295 g/mol. The maximum atomic E-state index is 13.1. The fourth-order valence-corrected chi connectivity index (χ4v) is 1.61. The molecule has 1 aromatic rings. The highest BCUT2D eigenvalue weighted by Crippen LogP contribution is 2.30. The molecule has 0 unspecified atom stereocenters. The summed E-state index contributed by atoms with van der Waals surface area (Å²) < 4.78 is 55.6. The zero-order valence-corrected chi connectivity index (χ0v) is 10.8. The molecule has 0 atom stereocenters. The first kappa shape index (κ1) is 16.9. The van der Waals surface area contributed by atoms with Gasteiger partial charge >= 0.3 is 6.18 Å². The Morgan fingerprint density at radius 1 is 1.15 bits per heavy atom. The van der Waals surface area contributed by atoms with Gasteiger partial charge in [-0.05, 0) is 36.7 Å². The third kappa shape index (κ3) is 6.31. The van der Waals surface area contributed by atoms with Gasteiger partial charge in [0.2, 0.25) is 0 Å². The lowest BCUT2D eigenvalue weighted by Crippen LogP contribution is -2.17. The number of hydrogen-bond donors (Lipinski definition) is 2. The van der Waals surface area contributed by atoms with Gasteiger partial charge in [0.15, 0.2) is 0 Å². The van der Waals surface area contributed by atoms with Crippen molar-refractivity contribution in [3.05, 3.63) is 35.1 Å². The lowest BCUT2D eigenvalue weighted by Gasteiger charge is -2.10. The van der Waals surface area contributed by atoms with Crippen LogP contribution in [-0.2, 0) is 17.5 Å². The van der Waals surface area contributed by atoms with Crippen molar-refractivity contribution in [2.24, 2.45) is 0 Å². The van der Waals surface area contributed by atoms with E-state index < -0.39 is 17.6 Å². The van der Waals surface area contributed by atoms with Crippen LogP contribution in [0.4, 0.5) is 17.6 Å². The second-order valence-electron chi connectivity index (χ2n) is 4.21. The Kier molecular flexibility index (Phi) is 6.90. The van der Waals surface area contributed by atoms with E-state index in [1.807, 2.05) is 0 Å². The second-order valence-corrected chi connectivity index (χ2v) is 4.21. The molecule has 0 spiro atoms. The Hall–Kier alpha value is -1.18. The second kappa shape index (κ2) is 8.18. The molecular weight excluding hydrogens is 278 g/mol. The highest BCUT2D eigenvalue weighted by molar-refractivity contribution is 5.26. The Morgan fingerprint density at radius 2 is 1.90 bits per heavy atom. The molecule has 114 valence electrons. The number of rotatable bonds is 8. The molecule has 0 radical (unpaired) electrons. The first-order chi connectivity index (χ1) is 9.43. The molecule has 0 amide bonds.